The minimum Gasteiger partial charge on any atom is -0.0795 e. The number of aryl methyl sites for hydroxylation is 3. The zero-order valence-corrected chi connectivity index (χ0v) is 18.6. The number of hydrogen-bond donors (Lipinski definition) is 0. The van der Waals surface area contributed by atoms with E-state index in [1.807, 2.05) is 0 Å². The molecule has 0 atom stereocenters. The second kappa shape index (κ2) is 8.87. The molecule has 1 aromatic rings. The van der Waals surface area contributed by atoms with Crippen molar-refractivity contribution in [3.05, 3.63) is 34.4 Å². The maximum Gasteiger partial charge on any atom is 0.0166 e. The van der Waals surface area contributed by atoms with Crippen LogP contribution in [0.25, 0.3) is 0 Å². The molecule has 0 fully saturated rings. The largest absolute Gasteiger partial charge is 0.0795 e. The molecule has 0 aromatic heterocycles. The molecular formula is C22H37I. The molecule has 0 N–H and O–H groups in total. The van der Waals surface area contributed by atoms with E-state index in [2.05, 4.69) is 83.2 Å². The number of benzene rings is 1. The van der Waals surface area contributed by atoms with E-state index in [0.29, 0.717) is 8.84 Å². The number of alkyl halides is 1. The molecule has 0 nitrogen and oxygen atoms in total. The highest BCUT2D eigenvalue weighted by Gasteiger charge is 2.15. The fraction of sp³-hybridized carbons (Fsp3) is 0.727. The molecule has 0 saturated heterocycles. The molecule has 0 aliphatic carbocycles. The lowest BCUT2D eigenvalue weighted by Crippen LogP contribution is -2.10. The Morgan fingerprint density at radius 3 is 2.09 bits per heavy atom. The topological polar surface area (TPSA) is 0 Å². The Balaban J connectivity index is 2.68. The highest BCUT2D eigenvalue weighted by molar-refractivity contribution is 14.1. The van der Waals surface area contributed by atoms with Crippen LogP contribution in [0.15, 0.2) is 12.1 Å². The van der Waals surface area contributed by atoms with Crippen molar-refractivity contribution < 1.29 is 0 Å². The minimum atomic E-state index is 0.421. The SMILES string of the molecule is CCC(C)(C)CCCc1cc(C)c(C)c(CCCC(C)(C)I)c1. The van der Waals surface area contributed by atoms with E-state index in [-0.39, 0.29) is 0 Å². The van der Waals surface area contributed by atoms with Crippen LogP contribution in [0.5, 0.6) is 0 Å². The summed E-state index contributed by atoms with van der Waals surface area (Å²) in [6.07, 6.45) is 8.96. The van der Waals surface area contributed by atoms with Crippen LogP contribution < -0.4 is 0 Å². The van der Waals surface area contributed by atoms with Gasteiger partial charge in [-0.3, -0.25) is 0 Å². The monoisotopic (exact) mass is 428 g/mol. The molecule has 1 rings (SSSR count). The normalized spacial score (nSPS) is 12.7. The van der Waals surface area contributed by atoms with E-state index >= 15 is 0 Å². The third-order valence-electron chi connectivity index (χ3n) is 5.33. The lowest BCUT2D eigenvalue weighted by atomic mass is 9.84. The molecule has 0 bridgehead atoms. The first-order chi connectivity index (χ1) is 10.5. The maximum atomic E-state index is 2.57. The van der Waals surface area contributed by atoms with Crippen molar-refractivity contribution >= 4 is 22.6 Å². The Labute approximate surface area is 159 Å². The fourth-order valence-corrected chi connectivity index (χ4v) is 3.45. The fourth-order valence-electron chi connectivity index (χ4n) is 3.06. The van der Waals surface area contributed by atoms with E-state index in [9.17, 15) is 0 Å². The average Bonchev–Trinajstić information content (AvgIpc) is 2.42. The predicted octanol–water partition coefficient (Wildman–Crippen LogP) is 7.60. The van der Waals surface area contributed by atoms with E-state index in [0.717, 1.165) is 0 Å². The molecule has 0 spiro atoms. The first kappa shape index (κ1) is 21.0. The van der Waals surface area contributed by atoms with Gasteiger partial charge in [0, 0.05) is 3.42 Å². The molecule has 1 heteroatoms. The van der Waals surface area contributed by atoms with Crippen molar-refractivity contribution in [1.82, 2.24) is 0 Å². The van der Waals surface area contributed by atoms with Crippen molar-refractivity contribution in [1.29, 1.82) is 0 Å². The van der Waals surface area contributed by atoms with Crippen molar-refractivity contribution in [2.75, 3.05) is 0 Å². The Morgan fingerprint density at radius 2 is 1.52 bits per heavy atom. The van der Waals surface area contributed by atoms with Crippen LogP contribution in [-0.2, 0) is 12.8 Å². The van der Waals surface area contributed by atoms with E-state index in [1.54, 1.807) is 11.1 Å². The van der Waals surface area contributed by atoms with Gasteiger partial charge in [0.15, 0.2) is 0 Å². The summed E-state index contributed by atoms with van der Waals surface area (Å²) in [5, 5.41) is 0. The third kappa shape index (κ3) is 8.05. The van der Waals surface area contributed by atoms with Gasteiger partial charge in [-0.25, -0.2) is 0 Å². The zero-order chi connectivity index (χ0) is 17.7. The van der Waals surface area contributed by atoms with Crippen molar-refractivity contribution in [3.63, 3.8) is 0 Å². The molecule has 132 valence electrons. The van der Waals surface area contributed by atoms with Crippen LogP contribution in [0, 0.1) is 19.3 Å². The quantitative estimate of drug-likeness (QED) is 0.281. The Bertz CT molecular complexity index is 491. The van der Waals surface area contributed by atoms with E-state index < -0.39 is 0 Å². The van der Waals surface area contributed by atoms with Gasteiger partial charge >= 0.3 is 0 Å². The first-order valence-electron chi connectivity index (χ1n) is 9.32. The van der Waals surface area contributed by atoms with Crippen LogP contribution in [-0.4, -0.2) is 3.42 Å². The second-order valence-electron chi connectivity index (χ2n) is 8.64. The van der Waals surface area contributed by atoms with Gasteiger partial charge in [0.05, 0.1) is 0 Å². The van der Waals surface area contributed by atoms with Gasteiger partial charge in [-0.05, 0) is 80.0 Å². The molecule has 23 heavy (non-hydrogen) atoms. The minimum absolute atomic E-state index is 0.421. The summed E-state index contributed by atoms with van der Waals surface area (Å²) in [5.74, 6) is 0. The van der Waals surface area contributed by atoms with Gasteiger partial charge in [-0.2, -0.15) is 0 Å². The standard InChI is InChI=1S/C22H37I/c1-8-21(4,5)13-9-11-19-15-17(2)18(3)20(16-19)12-10-14-22(6,7)23/h15-16H,8-14H2,1-7H3. The van der Waals surface area contributed by atoms with Gasteiger partial charge in [0.1, 0.15) is 0 Å². The predicted molar refractivity (Wildman–Crippen MR) is 114 cm³/mol. The van der Waals surface area contributed by atoms with E-state index in [1.165, 1.54) is 56.1 Å². The van der Waals surface area contributed by atoms with Gasteiger partial charge in [0.2, 0.25) is 0 Å². The molecule has 0 aliphatic rings. The lowest BCUT2D eigenvalue weighted by Gasteiger charge is -2.22. The highest BCUT2D eigenvalue weighted by Crippen LogP contribution is 2.28. The second-order valence-corrected chi connectivity index (χ2v) is 11.6. The smallest absolute Gasteiger partial charge is 0.0166 e. The van der Waals surface area contributed by atoms with Gasteiger partial charge < -0.3 is 0 Å². The number of halogens is 1. The van der Waals surface area contributed by atoms with Crippen LogP contribution in [0.1, 0.15) is 89.0 Å². The van der Waals surface area contributed by atoms with Crippen LogP contribution >= 0.6 is 22.6 Å². The Morgan fingerprint density at radius 1 is 0.913 bits per heavy atom. The summed E-state index contributed by atoms with van der Waals surface area (Å²) < 4.78 is 0.421. The molecule has 0 heterocycles. The molecule has 0 unspecified atom stereocenters. The van der Waals surface area contributed by atoms with Gasteiger partial charge in [0.25, 0.3) is 0 Å². The Kier molecular flexibility index (Phi) is 8.10. The maximum absolute atomic E-state index is 2.57. The summed E-state index contributed by atoms with van der Waals surface area (Å²) in [6, 6.07) is 4.90. The molecule has 0 radical (unpaired) electrons. The van der Waals surface area contributed by atoms with Crippen molar-refractivity contribution in [2.45, 2.75) is 96.8 Å². The van der Waals surface area contributed by atoms with E-state index in [4.69, 9.17) is 0 Å². The van der Waals surface area contributed by atoms with Crippen LogP contribution in [0.2, 0.25) is 0 Å². The number of rotatable bonds is 9. The highest BCUT2D eigenvalue weighted by atomic mass is 127. The lowest BCUT2D eigenvalue weighted by molar-refractivity contribution is 0.313. The summed E-state index contributed by atoms with van der Waals surface area (Å²) >= 11 is 2.57. The molecular weight excluding hydrogens is 391 g/mol. The zero-order valence-electron chi connectivity index (χ0n) is 16.5. The molecule has 0 amide bonds. The third-order valence-corrected chi connectivity index (χ3v) is 5.87. The molecule has 1 aromatic carbocycles. The van der Waals surface area contributed by atoms with Crippen LogP contribution in [0.4, 0.5) is 0 Å². The van der Waals surface area contributed by atoms with Gasteiger partial charge in [-0.1, -0.05) is 75.8 Å². The average molecular weight is 428 g/mol. The summed E-state index contributed by atoms with van der Waals surface area (Å²) in [4.78, 5) is 0. The molecule has 0 aliphatic heterocycles. The van der Waals surface area contributed by atoms with Gasteiger partial charge in [-0.15, -0.1) is 0 Å². The summed E-state index contributed by atoms with van der Waals surface area (Å²) in [6.45, 7) is 16.3. The Hall–Kier alpha value is -0.0500. The summed E-state index contributed by atoms with van der Waals surface area (Å²) in [7, 11) is 0. The van der Waals surface area contributed by atoms with Crippen LogP contribution in [0.3, 0.4) is 0 Å². The molecule has 0 saturated carbocycles. The van der Waals surface area contributed by atoms with Crippen molar-refractivity contribution in [2.24, 2.45) is 5.41 Å². The van der Waals surface area contributed by atoms with Crippen molar-refractivity contribution in [3.8, 4) is 0 Å². The number of hydrogen-bond acceptors (Lipinski definition) is 0. The summed E-state index contributed by atoms with van der Waals surface area (Å²) in [5.41, 5.74) is 6.60. The first-order valence-corrected chi connectivity index (χ1v) is 10.4.